The third-order valence-corrected chi connectivity index (χ3v) is 4.42. The van der Waals surface area contributed by atoms with Gasteiger partial charge < -0.3 is 19.9 Å². The minimum atomic E-state index is -0.855. The summed E-state index contributed by atoms with van der Waals surface area (Å²) in [6.45, 7) is 11.6. The van der Waals surface area contributed by atoms with Gasteiger partial charge in [0.25, 0.3) is 0 Å². The third kappa shape index (κ3) is 11.0. The molecule has 174 valence electrons. The maximum atomic E-state index is 12.3. The largest absolute Gasteiger partial charge is 0.462 e. The second-order valence-electron chi connectivity index (χ2n) is 8.89. The van der Waals surface area contributed by atoms with Gasteiger partial charge in [0.15, 0.2) is 11.5 Å². The fourth-order valence-electron chi connectivity index (χ4n) is 2.66. The van der Waals surface area contributed by atoms with Crippen LogP contribution in [0.1, 0.15) is 72.8 Å². The van der Waals surface area contributed by atoms with Crippen LogP contribution >= 0.6 is 0 Å². The van der Waals surface area contributed by atoms with Gasteiger partial charge in [-0.3, -0.25) is 14.4 Å². The Bertz CT molecular complexity index is 742. The Kier molecular flexibility index (Phi) is 11.3. The highest BCUT2D eigenvalue weighted by molar-refractivity contribution is 5.77. The van der Waals surface area contributed by atoms with Gasteiger partial charge in [0.05, 0.1) is 6.10 Å². The molecule has 1 aromatic rings. The zero-order chi connectivity index (χ0) is 23.6. The molecule has 0 spiro atoms. The molecular formula is C24H37NO6. The molecule has 0 aromatic heterocycles. The highest BCUT2D eigenvalue weighted by atomic mass is 16.6. The van der Waals surface area contributed by atoms with E-state index in [9.17, 15) is 14.4 Å². The normalized spacial score (nSPS) is 12.2. The number of hydrogen-bond acceptors (Lipinski definition) is 7. The lowest BCUT2D eigenvalue weighted by atomic mass is 10.1. The van der Waals surface area contributed by atoms with Crippen molar-refractivity contribution in [1.29, 1.82) is 0 Å². The predicted molar refractivity (Wildman–Crippen MR) is 119 cm³/mol. The van der Waals surface area contributed by atoms with Crippen molar-refractivity contribution in [3.05, 3.63) is 23.8 Å². The van der Waals surface area contributed by atoms with Crippen molar-refractivity contribution in [2.45, 2.75) is 85.8 Å². The summed E-state index contributed by atoms with van der Waals surface area (Å²) < 4.78 is 16.1. The molecule has 0 fully saturated rings. The van der Waals surface area contributed by atoms with Crippen molar-refractivity contribution >= 4 is 17.9 Å². The molecule has 0 unspecified atom stereocenters. The Morgan fingerprint density at radius 3 is 1.84 bits per heavy atom. The molecule has 1 rings (SSSR count). The van der Waals surface area contributed by atoms with Crippen molar-refractivity contribution in [3.63, 3.8) is 0 Å². The summed E-state index contributed by atoms with van der Waals surface area (Å²) in [6.07, 6.45) is 1.85. The second kappa shape index (κ2) is 13.1. The Hall–Kier alpha value is -2.41. The van der Waals surface area contributed by atoms with Crippen LogP contribution in [0.5, 0.6) is 11.5 Å². The summed E-state index contributed by atoms with van der Waals surface area (Å²) in [5, 5.41) is 0. The maximum absolute atomic E-state index is 12.3. The lowest BCUT2D eigenvalue weighted by Crippen LogP contribution is -2.35. The highest BCUT2D eigenvalue weighted by Gasteiger charge is 2.20. The minimum Gasteiger partial charge on any atom is -0.462 e. The molecule has 7 heteroatoms. The molecule has 0 aliphatic heterocycles. The summed E-state index contributed by atoms with van der Waals surface area (Å²) in [6, 6.07) is 3.99. The van der Waals surface area contributed by atoms with Crippen molar-refractivity contribution in [1.82, 2.24) is 0 Å². The molecular weight excluding hydrogens is 398 g/mol. The van der Waals surface area contributed by atoms with Crippen LogP contribution in [-0.2, 0) is 25.5 Å². The van der Waals surface area contributed by atoms with Crippen LogP contribution in [0.15, 0.2) is 18.2 Å². The molecule has 0 saturated heterocycles. The molecule has 0 saturated carbocycles. The molecule has 1 atom stereocenters. The van der Waals surface area contributed by atoms with E-state index >= 15 is 0 Å². The van der Waals surface area contributed by atoms with Crippen LogP contribution in [0, 0.1) is 11.8 Å². The van der Waals surface area contributed by atoms with Gasteiger partial charge >= 0.3 is 17.9 Å². The van der Waals surface area contributed by atoms with Crippen molar-refractivity contribution in [2.75, 3.05) is 0 Å². The average molecular weight is 436 g/mol. The number of hydrogen-bond donors (Lipinski definition) is 1. The van der Waals surface area contributed by atoms with Gasteiger partial charge in [-0.25, -0.2) is 0 Å². The van der Waals surface area contributed by atoms with Crippen LogP contribution in [-0.4, -0.2) is 30.1 Å². The van der Waals surface area contributed by atoms with E-state index in [0.29, 0.717) is 30.2 Å². The smallest absolute Gasteiger partial charge is 0.323 e. The monoisotopic (exact) mass is 435 g/mol. The summed E-state index contributed by atoms with van der Waals surface area (Å²) in [4.78, 5) is 36.5. The number of carbonyl (C=O) groups excluding carboxylic acids is 3. The Morgan fingerprint density at radius 2 is 1.35 bits per heavy atom. The lowest BCUT2D eigenvalue weighted by Gasteiger charge is -2.16. The van der Waals surface area contributed by atoms with Crippen molar-refractivity contribution in [2.24, 2.45) is 17.6 Å². The number of nitrogens with two attached hydrogens (primary N) is 1. The number of ether oxygens (including phenoxy) is 3. The number of rotatable bonds is 12. The van der Waals surface area contributed by atoms with Crippen LogP contribution in [0.4, 0.5) is 0 Å². The lowest BCUT2D eigenvalue weighted by molar-refractivity contribution is -0.149. The quantitative estimate of drug-likeness (QED) is 0.388. The first-order valence-electron chi connectivity index (χ1n) is 11.0. The van der Waals surface area contributed by atoms with Crippen molar-refractivity contribution < 1.29 is 28.6 Å². The first-order chi connectivity index (χ1) is 14.5. The van der Waals surface area contributed by atoms with E-state index in [1.54, 1.807) is 32.0 Å². The molecule has 31 heavy (non-hydrogen) atoms. The number of carbonyl (C=O) groups is 3. The van der Waals surface area contributed by atoms with E-state index in [4.69, 9.17) is 19.9 Å². The summed E-state index contributed by atoms with van der Waals surface area (Å²) in [7, 11) is 0. The molecule has 0 aliphatic rings. The van der Waals surface area contributed by atoms with Gasteiger partial charge in [-0.2, -0.15) is 0 Å². The maximum Gasteiger partial charge on any atom is 0.323 e. The molecule has 0 radical (unpaired) electrons. The van der Waals surface area contributed by atoms with E-state index in [-0.39, 0.29) is 36.9 Å². The molecule has 1 aromatic carbocycles. The van der Waals surface area contributed by atoms with Gasteiger partial charge in [-0.1, -0.05) is 33.8 Å². The van der Waals surface area contributed by atoms with E-state index < -0.39 is 23.9 Å². The fourth-order valence-corrected chi connectivity index (χ4v) is 2.66. The SMILES string of the molecule is CC(C)CCC(=O)Oc1ccc(C[C@H](N)C(=O)OC(C)C)cc1OC(=O)CCC(C)C. The van der Waals surface area contributed by atoms with Gasteiger partial charge in [-0.15, -0.1) is 0 Å². The topological polar surface area (TPSA) is 105 Å². The summed E-state index contributed by atoms with van der Waals surface area (Å²) >= 11 is 0. The van der Waals surface area contributed by atoms with Crippen LogP contribution in [0.3, 0.4) is 0 Å². The Morgan fingerprint density at radius 1 is 0.839 bits per heavy atom. The summed E-state index contributed by atoms with van der Waals surface area (Å²) in [5.41, 5.74) is 6.62. The molecule has 0 aliphatic carbocycles. The molecule has 0 bridgehead atoms. The van der Waals surface area contributed by atoms with E-state index in [2.05, 4.69) is 0 Å². The van der Waals surface area contributed by atoms with Crippen LogP contribution in [0.25, 0.3) is 0 Å². The van der Waals surface area contributed by atoms with Gasteiger partial charge in [-0.05, 0) is 62.6 Å². The van der Waals surface area contributed by atoms with Crippen LogP contribution in [0.2, 0.25) is 0 Å². The van der Waals surface area contributed by atoms with E-state index in [1.807, 2.05) is 27.7 Å². The highest BCUT2D eigenvalue weighted by Crippen LogP contribution is 2.30. The average Bonchev–Trinajstić information content (AvgIpc) is 2.66. The van der Waals surface area contributed by atoms with Gasteiger partial charge in [0.1, 0.15) is 6.04 Å². The molecule has 7 nitrogen and oxygen atoms in total. The predicted octanol–water partition coefficient (Wildman–Crippen LogP) is 4.19. The number of benzene rings is 1. The standard InChI is InChI=1S/C24H37NO6/c1-15(2)7-11-22(26)30-20-10-9-18(13-19(25)24(28)29-17(5)6)14-21(20)31-23(27)12-8-16(3)4/h9-10,14-17,19H,7-8,11-13,25H2,1-6H3/t19-/m0/s1. The van der Waals surface area contributed by atoms with Crippen molar-refractivity contribution in [3.8, 4) is 11.5 Å². The van der Waals surface area contributed by atoms with Gasteiger partial charge in [0.2, 0.25) is 0 Å². The second-order valence-corrected chi connectivity index (χ2v) is 8.89. The van der Waals surface area contributed by atoms with E-state index in [0.717, 1.165) is 0 Å². The van der Waals surface area contributed by atoms with E-state index in [1.165, 1.54) is 0 Å². The van der Waals surface area contributed by atoms with Crippen LogP contribution < -0.4 is 15.2 Å². The zero-order valence-electron chi connectivity index (χ0n) is 19.6. The molecule has 2 N–H and O–H groups in total. The Balaban J connectivity index is 2.98. The first kappa shape index (κ1) is 26.6. The summed E-state index contributed by atoms with van der Waals surface area (Å²) in [5.74, 6) is -0.253. The third-order valence-electron chi connectivity index (χ3n) is 4.42. The number of esters is 3. The van der Waals surface area contributed by atoms with Gasteiger partial charge in [0, 0.05) is 12.8 Å². The molecule has 0 heterocycles. The zero-order valence-corrected chi connectivity index (χ0v) is 19.6. The Labute approximate surface area is 185 Å². The molecule has 0 amide bonds. The minimum absolute atomic E-state index is 0.147. The fraction of sp³-hybridized carbons (Fsp3) is 0.625. The first-order valence-corrected chi connectivity index (χ1v) is 11.0.